The fourth-order valence-electron chi connectivity index (χ4n) is 8.90. The zero-order valence-corrected chi connectivity index (χ0v) is 29.1. The van der Waals surface area contributed by atoms with Gasteiger partial charge in [0.05, 0.1) is 16.7 Å². The molecule has 0 aliphatic heterocycles. The Labute approximate surface area is 311 Å². The van der Waals surface area contributed by atoms with E-state index in [0.717, 1.165) is 44.4 Å². The van der Waals surface area contributed by atoms with Gasteiger partial charge in [-0.2, -0.15) is 0 Å². The van der Waals surface area contributed by atoms with Gasteiger partial charge >= 0.3 is 0 Å². The quantitative estimate of drug-likeness (QED) is 0.184. The van der Waals surface area contributed by atoms with Crippen molar-refractivity contribution in [2.75, 3.05) is 0 Å². The predicted molar refractivity (Wildman–Crippen MR) is 224 cm³/mol. The molecule has 0 radical (unpaired) electrons. The lowest BCUT2D eigenvalue weighted by molar-refractivity contribution is 0.669. The number of fused-ring (bicyclic) bond motifs is 9. The van der Waals surface area contributed by atoms with Gasteiger partial charge in [-0.1, -0.05) is 115 Å². The second kappa shape index (κ2) is 11.1. The van der Waals surface area contributed by atoms with Crippen molar-refractivity contribution < 1.29 is 4.42 Å². The summed E-state index contributed by atoms with van der Waals surface area (Å²) in [6, 6.07) is 63.4. The van der Waals surface area contributed by atoms with E-state index in [1.807, 2.05) is 18.3 Å². The SMILES string of the molecule is c1ccc(-n2c3ccc(-c4cccc(-c5ncc6cccc7c6c5-c5ccccc5-7)c4)cc3c3cc(-c4ccc5oc6ccccc6c5c4)ccc32)cc1. The van der Waals surface area contributed by atoms with Crippen LogP contribution in [0.4, 0.5) is 0 Å². The van der Waals surface area contributed by atoms with Crippen molar-refractivity contribution in [2.24, 2.45) is 0 Å². The molecule has 12 rings (SSSR count). The van der Waals surface area contributed by atoms with E-state index in [4.69, 9.17) is 9.40 Å². The molecule has 3 heterocycles. The first kappa shape index (κ1) is 29.4. The van der Waals surface area contributed by atoms with Crippen LogP contribution in [0.5, 0.6) is 0 Å². The van der Waals surface area contributed by atoms with Crippen LogP contribution in [0, 0.1) is 0 Å². The van der Waals surface area contributed by atoms with Crippen LogP contribution in [-0.4, -0.2) is 9.55 Å². The fourth-order valence-corrected chi connectivity index (χ4v) is 8.90. The average molecular weight is 687 g/mol. The van der Waals surface area contributed by atoms with Gasteiger partial charge in [0.25, 0.3) is 0 Å². The minimum atomic E-state index is 0.908. The van der Waals surface area contributed by atoms with Crippen molar-refractivity contribution >= 4 is 54.5 Å². The van der Waals surface area contributed by atoms with Crippen LogP contribution in [0.1, 0.15) is 0 Å². The van der Waals surface area contributed by atoms with E-state index in [9.17, 15) is 0 Å². The number of nitrogens with zero attached hydrogens (tertiary/aromatic N) is 2. The highest BCUT2D eigenvalue weighted by Crippen LogP contribution is 2.50. The molecule has 0 N–H and O–H groups in total. The van der Waals surface area contributed by atoms with E-state index in [1.54, 1.807) is 0 Å². The molecular weight excluding hydrogens is 657 g/mol. The van der Waals surface area contributed by atoms with Crippen molar-refractivity contribution in [1.82, 2.24) is 9.55 Å². The minimum Gasteiger partial charge on any atom is -0.456 e. The average Bonchev–Trinajstić information content (AvgIpc) is 3.89. The van der Waals surface area contributed by atoms with Gasteiger partial charge < -0.3 is 8.98 Å². The number of furan rings is 1. The first-order valence-corrected chi connectivity index (χ1v) is 18.4. The zero-order chi connectivity index (χ0) is 35.3. The molecule has 0 spiro atoms. The number of pyridine rings is 1. The van der Waals surface area contributed by atoms with Crippen molar-refractivity contribution in [3.63, 3.8) is 0 Å². The number of hydrogen-bond acceptors (Lipinski definition) is 2. The molecule has 3 heteroatoms. The molecule has 1 aliphatic carbocycles. The van der Waals surface area contributed by atoms with Crippen LogP contribution in [0.15, 0.2) is 187 Å². The molecule has 8 aromatic carbocycles. The van der Waals surface area contributed by atoms with E-state index in [2.05, 4.69) is 168 Å². The first-order chi connectivity index (χ1) is 26.8. The summed E-state index contributed by atoms with van der Waals surface area (Å²) in [6.45, 7) is 0. The fraction of sp³-hybridized carbons (Fsp3) is 0. The number of para-hydroxylation sites is 2. The summed E-state index contributed by atoms with van der Waals surface area (Å²) < 4.78 is 8.54. The summed E-state index contributed by atoms with van der Waals surface area (Å²) in [5.41, 5.74) is 17.2. The zero-order valence-electron chi connectivity index (χ0n) is 29.1. The Bertz CT molecular complexity index is 3330. The van der Waals surface area contributed by atoms with Gasteiger partial charge in [-0.3, -0.25) is 4.98 Å². The molecule has 3 aromatic heterocycles. The molecule has 1 aliphatic rings. The van der Waals surface area contributed by atoms with Crippen molar-refractivity contribution in [3.8, 4) is 61.5 Å². The largest absolute Gasteiger partial charge is 0.456 e. The summed E-state index contributed by atoms with van der Waals surface area (Å²) >= 11 is 0. The molecule has 3 nitrogen and oxygen atoms in total. The first-order valence-electron chi connectivity index (χ1n) is 18.4. The van der Waals surface area contributed by atoms with Gasteiger partial charge in [-0.15, -0.1) is 0 Å². The van der Waals surface area contributed by atoms with Gasteiger partial charge in [0, 0.05) is 55.3 Å². The number of aromatic nitrogens is 2. The standard InChI is InChI=1S/C51H30N2O/c1-2-13-37(14-3-1)53-45-23-20-32(27-42(45)43-28-33(21-24-46(43)53)34-22-25-48-44(29-34)39-16-6-7-19-47(39)54-48)31-10-8-11-35(26-31)51-50-41-17-5-4-15-38(41)40-18-9-12-36(30-52-51)49(40)50/h1-30H. The molecule has 0 unspecified atom stereocenters. The maximum atomic E-state index is 6.16. The second-order valence-electron chi connectivity index (χ2n) is 14.3. The highest BCUT2D eigenvalue weighted by atomic mass is 16.3. The maximum Gasteiger partial charge on any atom is 0.135 e. The Hall–Kier alpha value is -7.23. The van der Waals surface area contributed by atoms with Crippen LogP contribution in [0.2, 0.25) is 0 Å². The lowest BCUT2D eigenvalue weighted by Crippen LogP contribution is -1.93. The van der Waals surface area contributed by atoms with Crippen molar-refractivity contribution in [1.29, 1.82) is 0 Å². The molecule has 250 valence electrons. The molecule has 0 fully saturated rings. The lowest BCUT2D eigenvalue weighted by Gasteiger charge is -2.12. The molecule has 0 bridgehead atoms. The highest BCUT2D eigenvalue weighted by Gasteiger charge is 2.25. The summed E-state index contributed by atoms with van der Waals surface area (Å²) in [7, 11) is 0. The molecule has 11 aromatic rings. The van der Waals surface area contributed by atoms with Crippen LogP contribution in [0.25, 0.3) is 116 Å². The molecule has 0 saturated heterocycles. The number of benzene rings is 8. The smallest absolute Gasteiger partial charge is 0.135 e. The van der Waals surface area contributed by atoms with Crippen LogP contribution in [0.3, 0.4) is 0 Å². The molecule has 0 saturated carbocycles. The van der Waals surface area contributed by atoms with E-state index >= 15 is 0 Å². The van der Waals surface area contributed by atoms with Gasteiger partial charge in [0.2, 0.25) is 0 Å². The number of rotatable bonds is 4. The second-order valence-corrected chi connectivity index (χ2v) is 14.3. The van der Waals surface area contributed by atoms with Crippen LogP contribution < -0.4 is 0 Å². The summed E-state index contributed by atoms with van der Waals surface area (Å²) in [5, 5.41) is 7.18. The van der Waals surface area contributed by atoms with Crippen LogP contribution in [-0.2, 0) is 0 Å². The van der Waals surface area contributed by atoms with E-state index < -0.39 is 0 Å². The van der Waals surface area contributed by atoms with Crippen molar-refractivity contribution in [3.05, 3.63) is 182 Å². The van der Waals surface area contributed by atoms with Gasteiger partial charge in [-0.05, 0) is 99.6 Å². The van der Waals surface area contributed by atoms with E-state index in [0.29, 0.717) is 0 Å². The van der Waals surface area contributed by atoms with Gasteiger partial charge in [-0.25, -0.2) is 0 Å². The summed E-state index contributed by atoms with van der Waals surface area (Å²) in [5.74, 6) is 0. The van der Waals surface area contributed by atoms with E-state index in [-0.39, 0.29) is 0 Å². The topological polar surface area (TPSA) is 31.0 Å². The van der Waals surface area contributed by atoms with E-state index in [1.165, 1.54) is 71.5 Å². The normalized spacial score (nSPS) is 12.1. The Morgan fingerprint density at radius 3 is 1.83 bits per heavy atom. The Kier molecular flexibility index (Phi) is 6.05. The molecular formula is C51H30N2O. The van der Waals surface area contributed by atoms with Crippen LogP contribution >= 0.6 is 0 Å². The molecule has 0 amide bonds. The Morgan fingerprint density at radius 2 is 1.02 bits per heavy atom. The summed E-state index contributed by atoms with van der Waals surface area (Å²) in [6.07, 6.45) is 2.03. The van der Waals surface area contributed by atoms with Gasteiger partial charge in [0.15, 0.2) is 0 Å². The molecule has 0 atom stereocenters. The lowest BCUT2D eigenvalue weighted by atomic mass is 9.95. The third kappa shape index (κ3) is 4.21. The maximum absolute atomic E-state index is 6.16. The minimum absolute atomic E-state index is 0.908. The predicted octanol–water partition coefficient (Wildman–Crippen LogP) is 13.9. The number of hydrogen-bond donors (Lipinski definition) is 0. The summed E-state index contributed by atoms with van der Waals surface area (Å²) in [4.78, 5) is 5.10. The highest BCUT2D eigenvalue weighted by molar-refractivity contribution is 6.18. The van der Waals surface area contributed by atoms with Gasteiger partial charge in [0.1, 0.15) is 11.2 Å². The van der Waals surface area contributed by atoms with Crippen molar-refractivity contribution in [2.45, 2.75) is 0 Å². The monoisotopic (exact) mass is 686 g/mol. The third-order valence-electron chi connectivity index (χ3n) is 11.4. The third-order valence-corrected chi connectivity index (χ3v) is 11.4. The Balaban J connectivity index is 1.04. The Morgan fingerprint density at radius 1 is 0.407 bits per heavy atom. The molecule has 54 heavy (non-hydrogen) atoms.